The lowest BCUT2D eigenvalue weighted by atomic mass is 9.79. The first-order chi connectivity index (χ1) is 11.8. The largest absolute Gasteiger partial charge is 0.462 e. The number of halogens is 6. The number of fused-ring (bicyclic) bond motifs is 2. The van der Waals surface area contributed by atoms with Crippen LogP contribution in [0.1, 0.15) is 39.0 Å². The Balaban J connectivity index is 2.03. The number of alkyl halides is 6. The SMILES string of the molecule is C=C(C)C(=O)OCCC1C2CCC1C(CC(O)(C(F)(F)F)C(F)(F)F)C2. The molecule has 2 fully saturated rings. The van der Waals surface area contributed by atoms with Crippen LogP contribution in [0.3, 0.4) is 0 Å². The summed E-state index contributed by atoms with van der Waals surface area (Å²) in [6, 6.07) is 0. The first-order valence-corrected chi connectivity index (χ1v) is 8.46. The Bertz CT molecular complexity index is 540. The molecule has 4 atom stereocenters. The number of carbonyl (C=O) groups excluding carboxylic acids is 1. The molecule has 0 amide bonds. The van der Waals surface area contributed by atoms with Crippen LogP contribution >= 0.6 is 0 Å². The summed E-state index contributed by atoms with van der Waals surface area (Å²) in [4.78, 5) is 11.4. The van der Waals surface area contributed by atoms with Gasteiger partial charge in [-0.05, 0) is 62.7 Å². The van der Waals surface area contributed by atoms with E-state index >= 15 is 0 Å². The molecule has 0 aliphatic heterocycles. The molecule has 0 aromatic heterocycles. The van der Waals surface area contributed by atoms with E-state index in [1.807, 2.05) is 0 Å². The molecule has 1 N–H and O–H groups in total. The molecule has 0 aromatic rings. The van der Waals surface area contributed by atoms with Gasteiger partial charge in [0.2, 0.25) is 0 Å². The van der Waals surface area contributed by atoms with Crippen molar-refractivity contribution in [1.82, 2.24) is 0 Å². The van der Waals surface area contributed by atoms with E-state index in [1.165, 1.54) is 6.92 Å². The molecule has 2 aliphatic carbocycles. The van der Waals surface area contributed by atoms with Gasteiger partial charge in [-0.3, -0.25) is 0 Å². The van der Waals surface area contributed by atoms with Gasteiger partial charge in [-0.25, -0.2) is 4.79 Å². The molecule has 0 heterocycles. The number of aliphatic hydroxyl groups is 1. The first kappa shape index (κ1) is 21.1. The smallest absolute Gasteiger partial charge is 0.426 e. The number of ether oxygens (including phenoxy) is 1. The van der Waals surface area contributed by atoms with Gasteiger partial charge in [0.25, 0.3) is 5.60 Å². The Morgan fingerprint density at radius 1 is 1.15 bits per heavy atom. The molecule has 2 saturated carbocycles. The highest BCUT2D eigenvalue weighted by Gasteiger charge is 2.71. The fourth-order valence-electron chi connectivity index (χ4n) is 4.49. The van der Waals surface area contributed by atoms with Gasteiger partial charge < -0.3 is 9.84 Å². The van der Waals surface area contributed by atoms with E-state index in [2.05, 4.69) is 6.58 Å². The molecule has 3 nitrogen and oxygen atoms in total. The number of hydrogen-bond donors (Lipinski definition) is 1. The topological polar surface area (TPSA) is 46.5 Å². The van der Waals surface area contributed by atoms with Crippen LogP contribution in [0, 0.1) is 23.7 Å². The summed E-state index contributed by atoms with van der Waals surface area (Å²) in [7, 11) is 0. The molecule has 0 radical (unpaired) electrons. The zero-order valence-electron chi connectivity index (χ0n) is 14.3. The number of rotatable bonds is 6. The molecule has 0 aromatic carbocycles. The zero-order chi connectivity index (χ0) is 19.9. The van der Waals surface area contributed by atoms with Crippen molar-refractivity contribution in [2.75, 3.05) is 6.61 Å². The Labute approximate surface area is 147 Å². The minimum atomic E-state index is -5.78. The van der Waals surface area contributed by atoms with Crippen molar-refractivity contribution in [3.05, 3.63) is 12.2 Å². The number of carbonyl (C=O) groups is 1. The number of esters is 1. The molecule has 2 bridgehead atoms. The van der Waals surface area contributed by atoms with E-state index in [-0.39, 0.29) is 36.4 Å². The van der Waals surface area contributed by atoms with E-state index in [4.69, 9.17) is 4.74 Å². The van der Waals surface area contributed by atoms with Crippen molar-refractivity contribution >= 4 is 5.97 Å². The molecule has 0 saturated heterocycles. The molecule has 26 heavy (non-hydrogen) atoms. The fraction of sp³-hybridized carbons (Fsp3) is 0.824. The molecule has 2 aliphatic rings. The molecular weight excluding hydrogens is 366 g/mol. The maximum atomic E-state index is 12.9. The Kier molecular flexibility index (Phi) is 5.71. The van der Waals surface area contributed by atoms with E-state index in [1.54, 1.807) is 0 Å². The third-order valence-electron chi connectivity index (χ3n) is 5.77. The summed E-state index contributed by atoms with van der Waals surface area (Å²) in [6.45, 7) is 4.96. The van der Waals surface area contributed by atoms with Gasteiger partial charge in [-0.1, -0.05) is 6.58 Å². The fourth-order valence-corrected chi connectivity index (χ4v) is 4.49. The van der Waals surface area contributed by atoms with Crippen molar-refractivity contribution in [3.63, 3.8) is 0 Å². The normalized spacial score (nSPS) is 29.1. The van der Waals surface area contributed by atoms with Crippen molar-refractivity contribution in [1.29, 1.82) is 0 Å². The van der Waals surface area contributed by atoms with Crippen molar-refractivity contribution in [2.24, 2.45) is 23.7 Å². The van der Waals surface area contributed by atoms with E-state index in [9.17, 15) is 36.2 Å². The Hall–Kier alpha value is -1.25. The molecule has 2 rings (SSSR count). The minimum absolute atomic E-state index is 0.000697. The van der Waals surface area contributed by atoms with Gasteiger partial charge in [0.1, 0.15) is 0 Å². The van der Waals surface area contributed by atoms with E-state index in [0.29, 0.717) is 12.8 Å². The van der Waals surface area contributed by atoms with Crippen molar-refractivity contribution in [2.45, 2.75) is 57.0 Å². The van der Waals surface area contributed by atoms with Crippen LogP contribution < -0.4 is 0 Å². The summed E-state index contributed by atoms with van der Waals surface area (Å²) in [5.74, 6) is -1.86. The summed E-state index contributed by atoms with van der Waals surface area (Å²) in [5, 5.41) is 9.44. The first-order valence-electron chi connectivity index (χ1n) is 8.46. The van der Waals surface area contributed by atoms with E-state index < -0.39 is 36.3 Å². The van der Waals surface area contributed by atoms with Crippen LogP contribution in [0.5, 0.6) is 0 Å². The third kappa shape index (κ3) is 3.87. The molecule has 150 valence electrons. The minimum Gasteiger partial charge on any atom is -0.462 e. The lowest BCUT2D eigenvalue weighted by molar-refractivity contribution is -0.373. The van der Waals surface area contributed by atoms with Crippen LogP contribution in [0.25, 0.3) is 0 Å². The van der Waals surface area contributed by atoms with Crippen LogP contribution in [0.15, 0.2) is 12.2 Å². The van der Waals surface area contributed by atoms with Crippen molar-refractivity contribution < 1.29 is 41.0 Å². The number of hydrogen-bond acceptors (Lipinski definition) is 3. The van der Waals surface area contributed by atoms with Gasteiger partial charge in [0.15, 0.2) is 0 Å². The second-order valence-corrected chi connectivity index (χ2v) is 7.43. The summed E-state index contributed by atoms with van der Waals surface area (Å²) >= 11 is 0. The summed E-state index contributed by atoms with van der Waals surface area (Å²) in [6.07, 6.45) is -11.1. The highest BCUT2D eigenvalue weighted by Crippen LogP contribution is 2.58. The second-order valence-electron chi connectivity index (χ2n) is 7.43. The van der Waals surface area contributed by atoms with Gasteiger partial charge in [0, 0.05) is 5.57 Å². The maximum absolute atomic E-state index is 12.9. The zero-order valence-corrected chi connectivity index (χ0v) is 14.3. The van der Waals surface area contributed by atoms with E-state index in [0.717, 1.165) is 6.42 Å². The summed E-state index contributed by atoms with van der Waals surface area (Å²) in [5.41, 5.74) is -4.47. The van der Waals surface area contributed by atoms with Gasteiger partial charge in [-0.15, -0.1) is 0 Å². The highest BCUT2D eigenvalue weighted by atomic mass is 19.4. The average molecular weight is 388 g/mol. The maximum Gasteiger partial charge on any atom is 0.426 e. The lowest BCUT2D eigenvalue weighted by Crippen LogP contribution is -2.58. The van der Waals surface area contributed by atoms with Crippen molar-refractivity contribution in [3.8, 4) is 0 Å². The Morgan fingerprint density at radius 2 is 1.73 bits per heavy atom. The lowest BCUT2D eigenvalue weighted by Gasteiger charge is -2.36. The van der Waals surface area contributed by atoms with Gasteiger partial charge in [-0.2, -0.15) is 26.3 Å². The quantitative estimate of drug-likeness (QED) is 0.417. The monoisotopic (exact) mass is 388 g/mol. The molecule has 9 heteroatoms. The van der Waals surface area contributed by atoms with Gasteiger partial charge >= 0.3 is 18.3 Å². The standard InChI is InChI=1S/C17H22F6O3/c1-9(2)14(24)26-6-5-13-10-3-4-12(13)11(7-10)8-15(25,16(18,19)20)17(21,22)23/h10-13,25H,1,3-8H2,2H3. The second kappa shape index (κ2) is 7.05. The predicted molar refractivity (Wildman–Crippen MR) is 79.9 cm³/mol. The van der Waals surface area contributed by atoms with Crippen LogP contribution in [-0.4, -0.2) is 35.6 Å². The highest BCUT2D eigenvalue weighted by molar-refractivity contribution is 5.86. The van der Waals surface area contributed by atoms with Gasteiger partial charge in [0.05, 0.1) is 6.61 Å². The van der Waals surface area contributed by atoms with Crippen LogP contribution in [0.2, 0.25) is 0 Å². The average Bonchev–Trinajstić information content (AvgIpc) is 3.01. The Morgan fingerprint density at radius 3 is 2.23 bits per heavy atom. The summed E-state index contributed by atoms with van der Waals surface area (Å²) < 4.78 is 82.5. The molecule has 4 unspecified atom stereocenters. The van der Waals surface area contributed by atoms with Crippen LogP contribution in [0.4, 0.5) is 26.3 Å². The third-order valence-corrected chi connectivity index (χ3v) is 5.77. The predicted octanol–water partition coefficient (Wildman–Crippen LogP) is 4.40. The van der Waals surface area contributed by atoms with Crippen LogP contribution in [-0.2, 0) is 9.53 Å². The molecular formula is C17H22F6O3. The molecule has 0 spiro atoms.